The average molecular weight is 330 g/mol. The second kappa shape index (κ2) is 3.30. The molecular formula is C10H11IN4O. The van der Waals surface area contributed by atoms with Crippen molar-refractivity contribution in [1.82, 2.24) is 14.4 Å². The molecule has 2 heterocycles. The highest BCUT2D eigenvalue weighted by molar-refractivity contribution is 14.1. The van der Waals surface area contributed by atoms with Crippen LogP contribution in [0.25, 0.3) is 5.52 Å². The zero-order valence-electron chi connectivity index (χ0n) is 8.52. The minimum absolute atomic E-state index is 0.517. The topological polar surface area (TPSA) is 76.4 Å². The highest BCUT2D eigenvalue weighted by Crippen LogP contribution is 2.41. The molecule has 3 N–H and O–H groups in total. The molecule has 0 atom stereocenters. The van der Waals surface area contributed by atoms with Crippen molar-refractivity contribution in [2.75, 3.05) is 5.73 Å². The molecule has 2 aromatic heterocycles. The van der Waals surface area contributed by atoms with Gasteiger partial charge in [-0.15, -0.1) is 0 Å². The van der Waals surface area contributed by atoms with Gasteiger partial charge in [-0.1, -0.05) is 0 Å². The first-order valence-electron chi connectivity index (χ1n) is 5.12. The third kappa shape index (κ3) is 1.26. The molecule has 5 nitrogen and oxygen atoms in total. The van der Waals surface area contributed by atoms with Crippen LogP contribution in [0.15, 0.2) is 12.4 Å². The number of hydrogen-bond donors (Lipinski definition) is 2. The highest BCUT2D eigenvalue weighted by Gasteiger charge is 2.40. The van der Waals surface area contributed by atoms with Crippen molar-refractivity contribution < 1.29 is 5.11 Å². The molecule has 84 valence electrons. The number of imidazole rings is 1. The minimum atomic E-state index is -0.804. The van der Waals surface area contributed by atoms with Gasteiger partial charge < -0.3 is 10.8 Å². The fourth-order valence-corrected chi connectivity index (χ4v) is 2.68. The van der Waals surface area contributed by atoms with Crippen molar-refractivity contribution in [2.45, 2.75) is 24.9 Å². The van der Waals surface area contributed by atoms with Crippen LogP contribution in [0.4, 0.5) is 5.82 Å². The van der Waals surface area contributed by atoms with Gasteiger partial charge in [0.1, 0.15) is 20.9 Å². The molecule has 16 heavy (non-hydrogen) atoms. The summed E-state index contributed by atoms with van der Waals surface area (Å²) in [4.78, 5) is 8.46. The van der Waals surface area contributed by atoms with Gasteiger partial charge in [-0.05, 0) is 41.9 Å². The van der Waals surface area contributed by atoms with Gasteiger partial charge >= 0.3 is 0 Å². The van der Waals surface area contributed by atoms with E-state index in [4.69, 9.17) is 5.73 Å². The largest absolute Gasteiger partial charge is 0.383 e. The smallest absolute Gasteiger partial charge is 0.148 e. The van der Waals surface area contributed by atoms with E-state index in [0.29, 0.717) is 11.6 Å². The van der Waals surface area contributed by atoms with E-state index in [1.165, 1.54) is 0 Å². The van der Waals surface area contributed by atoms with Gasteiger partial charge in [-0.3, -0.25) is 9.38 Å². The van der Waals surface area contributed by atoms with Crippen LogP contribution in [0.5, 0.6) is 0 Å². The Labute approximate surface area is 106 Å². The molecule has 0 aromatic carbocycles. The van der Waals surface area contributed by atoms with E-state index in [2.05, 4.69) is 32.6 Å². The van der Waals surface area contributed by atoms with E-state index < -0.39 is 5.60 Å². The predicted octanol–water partition coefficient (Wildman–Crippen LogP) is 1.29. The number of fused-ring (bicyclic) bond motifs is 1. The number of nitrogens with zero attached hydrogens (tertiary/aromatic N) is 3. The minimum Gasteiger partial charge on any atom is -0.383 e. The summed E-state index contributed by atoms with van der Waals surface area (Å²) in [6.07, 6.45) is 5.84. The molecule has 1 fully saturated rings. The SMILES string of the molecule is Nc1cncc2c(I)nc(C3(O)CCC3)n12. The zero-order valence-corrected chi connectivity index (χ0v) is 10.7. The molecule has 2 aromatic rings. The molecule has 0 amide bonds. The third-order valence-electron chi connectivity index (χ3n) is 3.13. The summed E-state index contributed by atoms with van der Waals surface area (Å²) >= 11 is 2.14. The lowest BCUT2D eigenvalue weighted by Crippen LogP contribution is -2.36. The number of nitrogen functional groups attached to an aromatic ring is 1. The normalized spacial score (nSPS) is 18.6. The zero-order chi connectivity index (χ0) is 11.3. The van der Waals surface area contributed by atoms with Crippen molar-refractivity contribution >= 4 is 33.9 Å². The molecule has 1 aliphatic rings. The van der Waals surface area contributed by atoms with Crippen LogP contribution in [-0.2, 0) is 5.60 Å². The molecule has 0 unspecified atom stereocenters. The summed E-state index contributed by atoms with van der Waals surface area (Å²) in [5, 5.41) is 10.4. The van der Waals surface area contributed by atoms with E-state index >= 15 is 0 Å². The molecule has 0 saturated heterocycles. The van der Waals surface area contributed by atoms with Gasteiger partial charge in [-0.2, -0.15) is 0 Å². The summed E-state index contributed by atoms with van der Waals surface area (Å²) in [7, 11) is 0. The van der Waals surface area contributed by atoms with Crippen molar-refractivity contribution in [3.8, 4) is 0 Å². The Morgan fingerprint density at radius 1 is 1.44 bits per heavy atom. The summed E-state index contributed by atoms with van der Waals surface area (Å²) in [6, 6.07) is 0. The van der Waals surface area contributed by atoms with Crippen LogP contribution >= 0.6 is 22.6 Å². The van der Waals surface area contributed by atoms with Gasteiger partial charge in [0.2, 0.25) is 0 Å². The van der Waals surface area contributed by atoms with Gasteiger partial charge in [0.05, 0.1) is 17.9 Å². The van der Waals surface area contributed by atoms with Crippen LogP contribution in [0.3, 0.4) is 0 Å². The Kier molecular flexibility index (Phi) is 2.12. The van der Waals surface area contributed by atoms with Crippen LogP contribution in [0, 0.1) is 3.70 Å². The number of nitrogens with two attached hydrogens (primary N) is 1. The number of aromatic nitrogens is 3. The fraction of sp³-hybridized carbons (Fsp3) is 0.400. The quantitative estimate of drug-likeness (QED) is 0.773. The number of rotatable bonds is 1. The highest BCUT2D eigenvalue weighted by atomic mass is 127. The monoisotopic (exact) mass is 330 g/mol. The second-order valence-corrected chi connectivity index (χ2v) is 5.19. The maximum atomic E-state index is 10.4. The van der Waals surface area contributed by atoms with E-state index in [9.17, 15) is 5.11 Å². The molecule has 6 heteroatoms. The first kappa shape index (κ1) is 10.3. The Morgan fingerprint density at radius 2 is 2.19 bits per heavy atom. The van der Waals surface area contributed by atoms with E-state index in [0.717, 1.165) is 28.5 Å². The van der Waals surface area contributed by atoms with E-state index in [1.807, 2.05) is 0 Å². The molecule has 1 aliphatic carbocycles. The first-order chi connectivity index (χ1) is 7.62. The maximum Gasteiger partial charge on any atom is 0.148 e. The number of aliphatic hydroxyl groups is 1. The lowest BCUT2D eigenvalue weighted by molar-refractivity contribution is -0.0470. The standard InChI is InChI=1S/C10H11IN4O/c11-8-6-4-13-5-7(12)15(6)9(14-8)10(16)2-1-3-10/h4-5,16H,1-3,12H2. The first-order valence-corrected chi connectivity index (χ1v) is 6.20. The van der Waals surface area contributed by atoms with Crippen molar-refractivity contribution in [3.63, 3.8) is 0 Å². The summed E-state index contributed by atoms with van der Waals surface area (Å²) in [6.45, 7) is 0. The van der Waals surface area contributed by atoms with Crippen molar-refractivity contribution in [3.05, 3.63) is 21.9 Å². The summed E-state index contributed by atoms with van der Waals surface area (Å²) in [5.74, 6) is 1.17. The number of hydrogen-bond acceptors (Lipinski definition) is 4. The molecule has 0 spiro atoms. The molecule has 0 aliphatic heterocycles. The lowest BCUT2D eigenvalue weighted by atomic mass is 9.79. The number of halogens is 1. The predicted molar refractivity (Wildman–Crippen MR) is 67.9 cm³/mol. The second-order valence-electron chi connectivity index (χ2n) is 4.16. The Bertz CT molecular complexity index is 561. The van der Waals surface area contributed by atoms with Crippen molar-refractivity contribution in [1.29, 1.82) is 0 Å². The lowest BCUT2D eigenvalue weighted by Gasteiger charge is -2.35. The van der Waals surface area contributed by atoms with Crippen LogP contribution in [0.1, 0.15) is 25.1 Å². The summed E-state index contributed by atoms with van der Waals surface area (Å²) in [5.41, 5.74) is 5.95. The van der Waals surface area contributed by atoms with Crippen LogP contribution < -0.4 is 5.73 Å². The molecule has 1 saturated carbocycles. The van der Waals surface area contributed by atoms with Crippen LogP contribution in [-0.4, -0.2) is 19.5 Å². The van der Waals surface area contributed by atoms with Gasteiger partial charge in [-0.25, -0.2) is 4.98 Å². The molecular weight excluding hydrogens is 319 g/mol. The molecule has 3 rings (SSSR count). The third-order valence-corrected chi connectivity index (χ3v) is 3.92. The van der Waals surface area contributed by atoms with Gasteiger partial charge in [0, 0.05) is 0 Å². The maximum absolute atomic E-state index is 10.4. The summed E-state index contributed by atoms with van der Waals surface area (Å²) < 4.78 is 2.63. The Hall–Kier alpha value is -0.890. The Morgan fingerprint density at radius 3 is 2.81 bits per heavy atom. The molecule has 0 bridgehead atoms. The average Bonchev–Trinajstić information content (AvgIpc) is 2.55. The van der Waals surface area contributed by atoms with E-state index in [-0.39, 0.29) is 0 Å². The fourth-order valence-electron chi connectivity index (χ4n) is 2.07. The molecule has 0 radical (unpaired) electrons. The van der Waals surface area contributed by atoms with Crippen LogP contribution in [0.2, 0.25) is 0 Å². The Balaban J connectivity index is 2.33. The van der Waals surface area contributed by atoms with Gasteiger partial charge in [0.25, 0.3) is 0 Å². The van der Waals surface area contributed by atoms with Crippen molar-refractivity contribution in [2.24, 2.45) is 0 Å². The van der Waals surface area contributed by atoms with Gasteiger partial charge in [0.15, 0.2) is 0 Å². The number of anilines is 1. The van der Waals surface area contributed by atoms with E-state index in [1.54, 1.807) is 16.8 Å².